The summed E-state index contributed by atoms with van der Waals surface area (Å²) in [6, 6.07) is 7.74. The molecule has 1 amide bonds. The average molecular weight is 286 g/mol. The number of hydrogen-bond donors (Lipinski definition) is 2. The third-order valence-corrected chi connectivity index (χ3v) is 3.29. The number of nitrogen functional groups attached to an aromatic ring is 1. The summed E-state index contributed by atoms with van der Waals surface area (Å²) >= 11 is 0. The largest absolute Gasteiger partial charge is 0.398 e. The number of amides is 1. The van der Waals surface area contributed by atoms with Crippen LogP contribution < -0.4 is 16.0 Å². The first kappa shape index (κ1) is 15.1. The zero-order valence-corrected chi connectivity index (χ0v) is 12.8. The van der Waals surface area contributed by atoms with Gasteiger partial charge in [-0.1, -0.05) is 0 Å². The van der Waals surface area contributed by atoms with Crippen molar-refractivity contribution in [2.45, 2.75) is 26.8 Å². The molecule has 0 aliphatic carbocycles. The van der Waals surface area contributed by atoms with Crippen LogP contribution in [0.2, 0.25) is 0 Å². The lowest BCUT2D eigenvalue weighted by atomic mass is 10.1. The summed E-state index contributed by atoms with van der Waals surface area (Å²) in [6.45, 7) is 6.96. The minimum atomic E-state index is 0.00718. The number of nitrogens with one attached hydrogen (secondary N) is 1. The minimum Gasteiger partial charge on any atom is -0.398 e. The molecule has 0 fully saturated rings. The van der Waals surface area contributed by atoms with Crippen LogP contribution in [0.3, 0.4) is 0 Å². The van der Waals surface area contributed by atoms with Gasteiger partial charge in [-0.05, 0) is 45.0 Å². The van der Waals surface area contributed by atoms with Gasteiger partial charge in [-0.3, -0.25) is 9.78 Å². The van der Waals surface area contributed by atoms with E-state index in [0.29, 0.717) is 12.2 Å². The number of fused-ring (bicyclic) bond motifs is 1. The second kappa shape index (κ2) is 6.43. The first-order chi connectivity index (χ1) is 10.0. The highest BCUT2D eigenvalue weighted by molar-refractivity contribution is 5.99. The summed E-state index contributed by atoms with van der Waals surface area (Å²) in [4.78, 5) is 18.4. The molecule has 0 unspecified atom stereocenters. The smallest absolute Gasteiger partial charge is 0.239 e. The molecule has 112 valence electrons. The van der Waals surface area contributed by atoms with Crippen molar-refractivity contribution in [3.63, 3.8) is 0 Å². The molecule has 2 aromatic rings. The Bertz CT molecular complexity index is 639. The van der Waals surface area contributed by atoms with Crippen molar-refractivity contribution in [3.8, 4) is 0 Å². The fourth-order valence-electron chi connectivity index (χ4n) is 2.34. The zero-order valence-electron chi connectivity index (χ0n) is 12.8. The molecule has 2 rings (SSSR count). The van der Waals surface area contributed by atoms with Crippen LogP contribution in [-0.2, 0) is 4.79 Å². The average Bonchev–Trinajstić information content (AvgIpc) is 2.45. The third-order valence-electron chi connectivity index (χ3n) is 3.29. The van der Waals surface area contributed by atoms with Crippen molar-refractivity contribution >= 4 is 28.2 Å². The Hall–Kier alpha value is -2.30. The molecule has 5 heteroatoms. The maximum Gasteiger partial charge on any atom is 0.239 e. The quantitative estimate of drug-likeness (QED) is 0.826. The molecular formula is C16H22N4O. The first-order valence-corrected chi connectivity index (χ1v) is 7.20. The fourth-order valence-corrected chi connectivity index (χ4v) is 2.34. The Morgan fingerprint density at radius 2 is 2.14 bits per heavy atom. The van der Waals surface area contributed by atoms with E-state index in [9.17, 15) is 4.79 Å². The number of aromatic nitrogens is 1. The van der Waals surface area contributed by atoms with E-state index in [4.69, 9.17) is 5.73 Å². The van der Waals surface area contributed by atoms with Gasteiger partial charge in [0.25, 0.3) is 0 Å². The fraction of sp³-hybridized carbons (Fsp3) is 0.375. The van der Waals surface area contributed by atoms with Crippen LogP contribution in [0.25, 0.3) is 10.9 Å². The number of nitrogens with zero attached hydrogens (tertiary/aromatic N) is 2. The zero-order chi connectivity index (χ0) is 15.4. The van der Waals surface area contributed by atoms with Gasteiger partial charge in [0.1, 0.15) is 0 Å². The first-order valence-electron chi connectivity index (χ1n) is 7.20. The lowest BCUT2D eigenvalue weighted by Crippen LogP contribution is -2.40. The molecule has 1 heterocycles. The summed E-state index contributed by atoms with van der Waals surface area (Å²) in [5.41, 5.74) is 8.46. The van der Waals surface area contributed by atoms with Crippen molar-refractivity contribution in [2.24, 2.45) is 0 Å². The van der Waals surface area contributed by atoms with Gasteiger partial charge >= 0.3 is 0 Å². The molecule has 0 atom stereocenters. The Labute approximate surface area is 125 Å². The number of hydrogen-bond acceptors (Lipinski definition) is 4. The van der Waals surface area contributed by atoms with E-state index in [0.717, 1.165) is 23.1 Å². The number of pyridine rings is 1. The maximum atomic E-state index is 12.0. The number of rotatable bonds is 5. The van der Waals surface area contributed by atoms with Crippen molar-refractivity contribution in [1.82, 2.24) is 10.3 Å². The van der Waals surface area contributed by atoms with E-state index in [1.807, 2.05) is 49.9 Å². The van der Waals surface area contributed by atoms with Crippen LogP contribution in [0, 0.1) is 0 Å². The number of anilines is 2. The van der Waals surface area contributed by atoms with E-state index < -0.39 is 0 Å². The molecule has 5 nitrogen and oxygen atoms in total. The Morgan fingerprint density at radius 1 is 1.38 bits per heavy atom. The van der Waals surface area contributed by atoms with Gasteiger partial charge in [-0.25, -0.2) is 0 Å². The molecule has 0 radical (unpaired) electrons. The number of benzene rings is 1. The Kier molecular flexibility index (Phi) is 4.62. The van der Waals surface area contributed by atoms with Gasteiger partial charge < -0.3 is 16.0 Å². The van der Waals surface area contributed by atoms with Crippen molar-refractivity contribution < 1.29 is 4.79 Å². The van der Waals surface area contributed by atoms with Crippen molar-refractivity contribution in [2.75, 3.05) is 23.7 Å². The highest BCUT2D eigenvalue weighted by Crippen LogP contribution is 2.28. The van der Waals surface area contributed by atoms with Gasteiger partial charge in [0.15, 0.2) is 0 Å². The predicted octanol–water partition coefficient (Wildman–Crippen LogP) is 2.17. The highest BCUT2D eigenvalue weighted by Gasteiger charge is 2.14. The van der Waals surface area contributed by atoms with Gasteiger partial charge in [0.05, 0.1) is 17.7 Å². The number of carbonyl (C=O) groups is 1. The lowest BCUT2D eigenvalue weighted by molar-refractivity contribution is -0.120. The maximum absolute atomic E-state index is 12.0. The van der Waals surface area contributed by atoms with Crippen molar-refractivity contribution in [3.05, 3.63) is 30.5 Å². The summed E-state index contributed by atoms with van der Waals surface area (Å²) in [6.07, 6.45) is 1.74. The van der Waals surface area contributed by atoms with Crippen LogP contribution in [0.1, 0.15) is 20.8 Å². The predicted molar refractivity (Wildman–Crippen MR) is 87.3 cm³/mol. The molecule has 3 N–H and O–H groups in total. The van der Waals surface area contributed by atoms with E-state index >= 15 is 0 Å². The summed E-state index contributed by atoms with van der Waals surface area (Å²) in [7, 11) is 0. The number of likely N-dealkylation sites (N-methyl/N-ethyl adjacent to an activating group) is 1. The Morgan fingerprint density at radius 3 is 2.81 bits per heavy atom. The molecule has 21 heavy (non-hydrogen) atoms. The van der Waals surface area contributed by atoms with E-state index in [-0.39, 0.29) is 11.9 Å². The van der Waals surface area contributed by atoms with E-state index in [1.54, 1.807) is 6.20 Å². The van der Waals surface area contributed by atoms with Crippen LogP contribution in [0.15, 0.2) is 30.5 Å². The van der Waals surface area contributed by atoms with Gasteiger partial charge in [0, 0.05) is 29.9 Å². The highest BCUT2D eigenvalue weighted by atomic mass is 16.2. The van der Waals surface area contributed by atoms with Gasteiger partial charge in [-0.2, -0.15) is 0 Å². The summed E-state index contributed by atoms with van der Waals surface area (Å²) in [5, 5.41) is 3.83. The van der Waals surface area contributed by atoms with Crippen LogP contribution in [0.4, 0.5) is 11.4 Å². The second-order valence-electron chi connectivity index (χ2n) is 5.31. The second-order valence-corrected chi connectivity index (χ2v) is 5.31. The summed E-state index contributed by atoms with van der Waals surface area (Å²) < 4.78 is 0. The molecule has 0 aliphatic heterocycles. The number of nitrogens with two attached hydrogens (primary N) is 1. The molecule has 1 aromatic heterocycles. The third kappa shape index (κ3) is 3.42. The van der Waals surface area contributed by atoms with Gasteiger partial charge in [-0.15, -0.1) is 0 Å². The molecule has 0 saturated heterocycles. The lowest BCUT2D eigenvalue weighted by Gasteiger charge is -2.24. The van der Waals surface area contributed by atoms with E-state index in [2.05, 4.69) is 10.3 Å². The van der Waals surface area contributed by atoms with Gasteiger partial charge in [0.2, 0.25) is 5.91 Å². The molecule has 0 bridgehead atoms. The molecule has 1 aromatic carbocycles. The normalized spacial score (nSPS) is 10.9. The molecule has 0 saturated carbocycles. The molecule has 0 aliphatic rings. The van der Waals surface area contributed by atoms with Crippen LogP contribution >= 0.6 is 0 Å². The minimum absolute atomic E-state index is 0.00718. The standard InChI is InChI=1S/C16H22N4O/c1-4-20(10-15(21)19-11(2)3)14-8-7-13(17)12-6-5-9-18-16(12)14/h5-9,11H,4,10,17H2,1-3H3,(H,19,21). The monoisotopic (exact) mass is 286 g/mol. The number of carbonyl (C=O) groups excluding carboxylic acids is 1. The Balaban J connectivity index is 2.34. The van der Waals surface area contributed by atoms with E-state index in [1.165, 1.54) is 0 Å². The van der Waals surface area contributed by atoms with Crippen LogP contribution in [-0.4, -0.2) is 30.0 Å². The molecular weight excluding hydrogens is 264 g/mol. The molecule has 0 spiro atoms. The SMILES string of the molecule is CCN(CC(=O)NC(C)C)c1ccc(N)c2cccnc12. The van der Waals surface area contributed by atoms with Crippen molar-refractivity contribution in [1.29, 1.82) is 0 Å². The summed E-state index contributed by atoms with van der Waals surface area (Å²) in [5.74, 6) is 0.00718. The topological polar surface area (TPSA) is 71.2 Å². The van der Waals surface area contributed by atoms with Crippen LogP contribution in [0.5, 0.6) is 0 Å².